The first-order valence-corrected chi connectivity index (χ1v) is 8.95. The molecular weight excluding hydrogens is 350 g/mol. The van der Waals surface area contributed by atoms with Gasteiger partial charge in [0.1, 0.15) is 6.04 Å². The average molecular weight is 374 g/mol. The molecule has 2 amide bonds. The van der Waals surface area contributed by atoms with Crippen molar-refractivity contribution < 1.29 is 9.59 Å². The molecule has 0 aliphatic rings. The Hall–Kier alpha value is -2.53. The summed E-state index contributed by atoms with van der Waals surface area (Å²) in [6.07, 6.45) is 0.814. The first-order valence-electron chi connectivity index (χ1n) is 8.57. The van der Waals surface area contributed by atoms with Gasteiger partial charge in [0.2, 0.25) is 5.91 Å². The van der Waals surface area contributed by atoms with E-state index in [1.165, 1.54) is 0 Å². The van der Waals surface area contributed by atoms with Gasteiger partial charge in [-0.3, -0.25) is 9.59 Å². The second-order valence-electron chi connectivity index (χ2n) is 6.10. The lowest BCUT2D eigenvalue weighted by Crippen LogP contribution is -2.45. The summed E-state index contributed by atoms with van der Waals surface area (Å²) in [5.41, 5.74) is 1.61. The van der Waals surface area contributed by atoms with Gasteiger partial charge in [-0.2, -0.15) is 0 Å². The van der Waals surface area contributed by atoms with E-state index >= 15 is 0 Å². The van der Waals surface area contributed by atoms with Crippen molar-refractivity contribution in [1.29, 1.82) is 0 Å². The monoisotopic (exact) mass is 373 g/mol. The standard InChI is InChI=1S/C20H24ClN3O2/c1-15(23-20(26)16-9-11-17(21)12-10-16)19(25)22-13-6-14-24(2)18-7-4-3-5-8-18/h3-5,7-12,15H,6,13-14H2,1-2H3,(H,22,25)(H,23,26). The second-order valence-corrected chi connectivity index (χ2v) is 6.54. The van der Waals surface area contributed by atoms with E-state index in [9.17, 15) is 9.59 Å². The van der Waals surface area contributed by atoms with E-state index in [0.29, 0.717) is 17.1 Å². The molecule has 0 fully saturated rings. The molecule has 2 N–H and O–H groups in total. The first kappa shape index (κ1) is 19.8. The van der Waals surface area contributed by atoms with Gasteiger partial charge in [-0.15, -0.1) is 0 Å². The summed E-state index contributed by atoms with van der Waals surface area (Å²) >= 11 is 5.81. The molecule has 0 aliphatic heterocycles. The van der Waals surface area contributed by atoms with E-state index in [-0.39, 0.29) is 11.8 Å². The minimum Gasteiger partial charge on any atom is -0.375 e. The Morgan fingerprint density at radius 1 is 1.08 bits per heavy atom. The Balaban J connectivity index is 1.70. The second kappa shape index (κ2) is 9.82. The number of hydrogen-bond acceptors (Lipinski definition) is 3. The average Bonchev–Trinajstić information content (AvgIpc) is 2.66. The lowest BCUT2D eigenvalue weighted by atomic mass is 10.2. The van der Waals surface area contributed by atoms with E-state index in [4.69, 9.17) is 11.6 Å². The molecule has 0 heterocycles. The Bertz CT molecular complexity index is 720. The fraction of sp³-hybridized carbons (Fsp3) is 0.300. The summed E-state index contributed by atoms with van der Waals surface area (Å²) in [4.78, 5) is 26.4. The Labute approximate surface area is 159 Å². The molecule has 6 heteroatoms. The maximum Gasteiger partial charge on any atom is 0.251 e. The highest BCUT2D eigenvalue weighted by molar-refractivity contribution is 6.30. The maximum atomic E-state index is 12.1. The van der Waals surface area contributed by atoms with Crippen LogP contribution in [0.25, 0.3) is 0 Å². The molecule has 0 saturated heterocycles. The van der Waals surface area contributed by atoms with E-state index in [1.54, 1.807) is 31.2 Å². The summed E-state index contributed by atoms with van der Waals surface area (Å²) < 4.78 is 0. The van der Waals surface area contributed by atoms with Gasteiger partial charge < -0.3 is 15.5 Å². The first-order chi connectivity index (χ1) is 12.5. The van der Waals surface area contributed by atoms with Gasteiger partial charge in [-0.25, -0.2) is 0 Å². The predicted octanol–water partition coefficient (Wildman–Crippen LogP) is 3.10. The minimum absolute atomic E-state index is 0.199. The van der Waals surface area contributed by atoms with Crippen LogP contribution in [0.3, 0.4) is 0 Å². The zero-order chi connectivity index (χ0) is 18.9. The minimum atomic E-state index is -0.606. The number of halogens is 1. The van der Waals surface area contributed by atoms with Crippen molar-refractivity contribution in [1.82, 2.24) is 10.6 Å². The topological polar surface area (TPSA) is 61.4 Å². The number of carbonyl (C=O) groups is 2. The number of rotatable bonds is 8. The molecule has 0 aliphatic carbocycles. The van der Waals surface area contributed by atoms with Gasteiger partial charge in [0.25, 0.3) is 5.91 Å². The third-order valence-electron chi connectivity index (χ3n) is 4.01. The molecule has 0 bridgehead atoms. The number of para-hydroxylation sites is 1. The fourth-order valence-electron chi connectivity index (χ4n) is 2.44. The van der Waals surface area contributed by atoms with Crippen LogP contribution in [0, 0.1) is 0 Å². The van der Waals surface area contributed by atoms with Crippen LogP contribution >= 0.6 is 11.6 Å². The van der Waals surface area contributed by atoms with Crippen LogP contribution in [0.5, 0.6) is 0 Å². The number of hydrogen-bond donors (Lipinski definition) is 2. The molecule has 0 aromatic heterocycles. The molecular formula is C20H24ClN3O2. The predicted molar refractivity (Wildman–Crippen MR) is 106 cm³/mol. The van der Waals surface area contributed by atoms with Crippen LogP contribution < -0.4 is 15.5 Å². The summed E-state index contributed by atoms with van der Waals surface area (Å²) in [7, 11) is 2.02. The summed E-state index contributed by atoms with van der Waals surface area (Å²) in [6, 6.07) is 16.0. The summed E-state index contributed by atoms with van der Waals surface area (Å²) in [5, 5.41) is 6.10. The van der Waals surface area contributed by atoms with Gasteiger partial charge in [-0.1, -0.05) is 29.8 Å². The van der Waals surface area contributed by atoms with Crippen LogP contribution in [0.2, 0.25) is 5.02 Å². The molecule has 0 spiro atoms. The van der Waals surface area contributed by atoms with Crippen LogP contribution in [-0.4, -0.2) is 38.0 Å². The number of carbonyl (C=O) groups excluding carboxylic acids is 2. The van der Waals surface area contributed by atoms with E-state index < -0.39 is 6.04 Å². The Morgan fingerprint density at radius 3 is 2.38 bits per heavy atom. The van der Waals surface area contributed by atoms with Crippen LogP contribution in [0.15, 0.2) is 54.6 Å². The smallest absolute Gasteiger partial charge is 0.251 e. The third kappa shape index (κ3) is 6.08. The van der Waals surface area contributed by atoms with E-state index in [1.807, 2.05) is 37.4 Å². The molecule has 2 aromatic rings. The Morgan fingerprint density at radius 2 is 1.73 bits per heavy atom. The maximum absolute atomic E-state index is 12.1. The normalized spacial score (nSPS) is 11.5. The van der Waals surface area contributed by atoms with E-state index in [0.717, 1.165) is 18.7 Å². The van der Waals surface area contributed by atoms with Crippen molar-refractivity contribution in [3.05, 3.63) is 65.2 Å². The number of nitrogens with zero attached hydrogens (tertiary/aromatic N) is 1. The van der Waals surface area contributed by atoms with Gasteiger partial charge in [0, 0.05) is 36.4 Å². The highest BCUT2D eigenvalue weighted by Gasteiger charge is 2.16. The summed E-state index contributed by atoms with van der Waals surface area (Å²) in [5.74, 6) is -0.497. The molecule has 26 heavy (non-hydrogen) atoms. The molecule has 2 aromatic carbocycles. The van der Waals surface area contributed by atoms with E-state index in [2.05, 4.69) is 15.5 Å². The van der Waals surface area contributed by atoms with Crippen molar-refractivity contribution in [3.8, 4) is 0 Å². The molecule has 0 radical (unpaired) electrons. The van der Waals surface area contributed by atoms with Crippen molar-refractivity contribution in [3.63, 3.8) is 0 Å². The molecule has 2 rings (SSSR count). The highest BCUT2D eigenvalue weighted by atomic mass is 35.5. The van der Waals surface area contributed by atoms with Gasteiger partial charge in [-0.05, 0) is 49.7 Å². The number of anilines is 1. The SMILES string of the molecule is CC(NC(=O)c1ccc(Cl)cc1)C(=O)NCCCN(C)c1ccccc1. The number of amides is 2. The molecule has 5 nitrogen and oxygen atoms in total. The third-order valence-corrected chi connectivity index (χ3v) is 4.27. The zero-order valence-corrected chi connectivity index (χ0v) is 15.8. The number of benzene rings is 2. The van der Waals surface area contributed by atoms with Crippen molar-refractivity contribution in [2.24, 2.45) is 0 Å². The van der Waals surface area contributed by atoms with Gasteiger partial charge in [0.15, 0.2) is 0 Å². The zero-order valence-electron chi connectivity index (χ0n) is 15.0. The fourth-order valence-corrected chi connectivity index (χ4v) is 2.57. The molecule has 1 unspecified atom stereocenters. The highest BCUT2D eigenvalue weighted by Crippen LogP contribution is 2.11. The molecule has 138 valence electrons. The quantitative estimate of drug-likeness (QED) is 0.699. The van der Waals surface area contributed by atoms with Crippen molar-refractivity contribution in [2.75, 3.05) is 25.0 Å². The summed E-state index contributed by atoms with van der Waals surface area (Å²) in [6.45, 7) is 3.05. The largest absolute Gasteiger partial charge is 0.375 e. The lowest BCUT2D eigenvalue weighted by molar-refractivity contribution is -0.122. The van der Waals surface area contributed by atoms with Crippen molar-refractivity contribution >= 4 is 29.1 Å². The van der Waals surface area contributed by atoms with Crippen LogP contribution in [0.1, 0.15) is 23.7 Å². The van der Waals surface area contributed by atoms with Crippen LogP contribution in [0.4, 0.5) is 5.69 Å². The van der Waals surface area contributed by atoms with Crippen molar-refractivity contribution in [2.45, 2.75) is 19.4 Å². The van der Waals surface area contributed by atoms with Crippen LogP contribution in [-0.2, 0) is 4.79 Å². The molecule has 0 saturated carbocycles. The number of nitrogens with one attached hydrogen (secondary N) is 2. The lowest BCUT2D eigenvalue weighted by Gasteiger charge is -2.19. The Kier molecular flexibility index (Phi) is 7.48. The van der Waals surface area contributed by atoms with Gasteiger partial charge in [0.05, 0.1) is 0 Å². The molecule has 1 atom stereocenters. The van der Waals surface area contributed by atoms with Gasteiger partial charge >= 0.3 is 0 Å².